The van der Waals surface area contributed by atoms with Crippen molar-refractivity contribution in [2.45, 2.75) is 6.18 Å². The van der Waals surface area contributed by atoms with Crippen molar-refractivity contribution in [1.29, 1.82) is 0 Å². The summed E-state index contributed by atoms with van der Waals surface area (Å²) in [5.41, 5.74) is -1.45. The number of nitrogens with one attached hydrogen (secondary N) is 1. The van der Waals surface area contributed by atoms with Crippen LogP contribution in [0.1, 0.15) is 15.9 Å². The number of nitrogens with zero attached hydrogens (tertiary/aromatic N) is 1. The molecule has 0 spiro atoms. The summed E-state index contributed by atoms with van der Waals surface area (Å²) in [5, 5.41) is 2.55. The second kappa shape index (κ2) is 5.82. The highest BCUT2D eigenvalue weighted by atomic mass is 79.9. The molecule has 0 unspecified atom stereocenters. The van der Waals surface area contributed by atoms with Crippen LogP contribution in [0.2, 0.25) is 0 Å². The van der Waals surface area contributed by atoms with Crippen molar-refractivity contribution >= 4 is 54.2 Å². The number of thiazole rings is 1. The van der Waals surface area contributed by atoms with Gasteiger partial charge >= 0.3 is 6.18 Å². The van der Waals surface area contributed by atoms with E-state index in [1.54, 1.807) is 0 Å². The predicted octanol–water partition coefficient (Wildman–Crippen LogP) is 4.94. The van der Waals surface area contributed by atoms with Crippen molar-refractivity contribution in [3.8, 4) is 0 Å². The average Bonchev–Trinajstić information content (AvgIpc) is 2.73. The summed E-state index contributed by atoms with van der Waals surface area (Å²) in [6, 6.07) is 3.36. The molecule has 2 rings (SSSR count). The molecule has 2 aromatic rings. The summed E-state index contributed by atoms with van der Waals surface area (Å²) in [6.45, 7) is 0. The Balaban J connectivity index is 2.34. The van der Waals surface area contributed by atoms with Crippen molar-refractivity contribution in [3.05, 3.63) is 43.8 Å². The fourth-order valence-electron chi connectivity index (χ4n) is 1.43. The highest BCUT2D eigenvalue weighted by molar-refractivity contribution is 9.11. The van der Waals surface area contributed by atoms with Crippen molar-refractivity contribution in [1.82, 2.24) is 4.98 Å². The number of alkyl halides is 3. The third kappa shape index (κ3) is 3.58. The molecule has 1 aromatic carbocycles. The van der Waals surface area contributed by atoms with Gasteiger partial charge in [0.2, 0.25) is 0 Å². The van der Waals surface area contributed by atoms with Crippen LogP contribution in [-0.2, 0) is 6.18 Å². The van der Waals surface area contributed by atoms with Crippen LogP contribution in [-0.4, -0.2) is 10.9 Å². The summed E-state index contributed by atoms with van der Waals surface area (Å²) < 4.78 is 39.6. The van der Waals surface area contributed by atoms with E-state index >= 15 is 0 Å². The predicted molar refractivity (Wildman–Crippen MR) is 76.9 cm³/mol. The van der Waals surface area contributed by atoms with Gasteiger partial charge in [0.1, 0.15) is 0 Å². The number of rotatable bonds is 2. The number of aromatic nitrogens is 1. The summed E-state index contributed by atoms with van der Waals surface area (Å²) >= 11 is 7.22. The van der Waals surface area contributed by atoms with Crippen molar-refractivity contribution in [3.63, 3.8) is 0 Å². The van der Waals surface area contributed by atoms with Crippen LogP contribution < -0.4 is 5.32 Å². The molecule has 0 fully saturated rings. The first-order valence-corrected chi connectivity index (χ1v) is 7.47. The van der Waals surface area contributed by atoms with Crippen molar-refractivity contribution in [2.24, 2.45) is 0 Å². The number of carbonyl (C=O) groups is 1. The molecule has 106 valence electrons. The van der Waals surface area contributed by atoms with Crippen molar-refractivity contribution < 1.29 is 18.0 Å². The normalized spacial score (nSPS) is 11.4. The van der Waals surface area contributed by atoms with E-state index in [1.807, 2.05) is 0 Å². The second-order valence-electron chi connectivity index (χ2n) is 3.61. The Morgan fingerprint density at radius 2 is 2.00 bits per heavy atom. The molecule has 0 atom stereocenters. The molecular formula is C11H5Br2F3N2OS. The number of amides is 1. The maximum atomic E-state index is 12.9. The Kier molecular flexibility index (Phi) is 4.50. The Morgan fingerprint density at radius 3 is 2.55 bits per heavy atom. The molecule has 3 nitrogen and oxygen atoms in total. The zero-order valence-electron chi connectivity index (χ0n) is 9.46. The lowest BCUT2D eigenvalue weighted by Crippen LogP contribution is -2.18. The van der Waals surface area contributed by atoms with Crippen molar-refractivity contribution in [2.75, 3.05) is 5.32 Å². The molecule has 0 aliphatic heterocycles. The molecule has 9 heteroatoms. The molecule has 0 saturated carbocycles. The first-order chi connectivity index (χ1) is 9.27. The monoisotopic (exact) mass is 428 g/mol. The first-order valence-electron chi connectivity index (χ1n) is 5.07. The highest BCUT2D eigenvalue weighted by Crippen LogP contribution is 2.34. The molecule has 0 bridgehead atoms. The molecular weight excluding hydrogens is 425 g/mol. The van der Waals surface area contributed by atoms with E-state index in [4.69, 9.17) is 0 Å². The lowest BCUT2D eigenvalue weighted by atomic mass is 10.1. The molecule has 0 saturated heterocycles. The van der Waals surface area contributed by atoms with Gasteiger partial charge in [0.25, 0.3) is 5.91 Å². The fraction of sp³-hybridized carbons (Fsp3) is 0.0909. The zero-order chi connectivity index (χ0) is 14.9. The maximum absolute atomic E-state index is 12.9. The van der Waals surface area contributed by atoms with E-state index in [0.29, 0.717) is 3.79 Å². The van der Waals surface area contributed by atoms with Gasteiger partial charge in [-0.1, -0.05) is 27.3 Å². The van der Waals surface area contributed by atoms with Gasteiger partial charge in [-0.25, -0.2) is 4.98 Å². The van der Waals surface area contributed by atoms with Gasteiger partial charge in [-0.3, -0.25) is 10.1 Å². The standard InChI is InChI=1S/C11H5Br2F3N2OS/c12-5-1-2-6(7(3-5)11(14,15)16)9(19)18-10-17-4-8(13)20-10/h1-4H,(H,17,18,19). The van der Waals surface area contributed by atoms with Crippen LogP contribution in [0.15, 0.2) is 32.7 Å². The van der Waals surface area contributed by atoms with Gasteiger partial charge in [-0.2, -0.15) is 13.2 Å². The van der Waals surface area contributed by atoms with Crippen LogP contribution in [0.25, 0.3) is 0 Å². The minimum Gasteiger partial charge on any atom is -0.298 e. The molecule has 0 aliphatic rings. The Bertz CT molecular complexity index is 657. The second-order valence-corrected chi connectivity index (χ2v) is 6.94. The number of benzene rings is 1. The van der Waals surface area contributed by atoms with E-state index in [0.717, 1.165) is 23.5 Å². The Labute approximate surface area is 132 Å². The van der Waals surface area contributed by atoms with E-state index in [1.165, 1.54) is 12.3 Å². The van der Waals surface area contributed by atoms with Gasteiger partial charge in [0.05, 0.1) is 21.1 Å². The third-order valence-corrected chi connectivity index (χ3v) is 4.11. The highest BCUT2D eigenvalue weighted by Gasteiger charge is 2.35. The van der Waals surface area contributed by atoms with Crippen LogP contribution in [0.3, 0.4) is 0 Å². The first kappa shape index (κ1) is 15.5. The number of anilines is 1. The summed E-state index contributed by atoms with van der Waals surface area (Å²) in [7, 11) is 0. The molecule has 1 N–H and O–H groups in total. The number of carbonyl (C=O) groups excluding carboxylic acids is 1. The lowest BCUT2D eigenvalue weighted by Gasteiger charge is -2.12. The molecule has 20 heavy (non-hydrogen) atoms. The largest absolute Gasteiger partial charge is 0.417 e. The topological polar surface area (TPSA) is 42.0 Å². The quantitative estimate of drug-likeness (QED) is 0.734. The van der Waals surface area contributed by atoms with Crippen LogP contribution in [0, 0.1) is 0 Å². The van der Waals surface area contributed by atoms with Crippen LogP contribution in [0.5, 0.6) is 0 Å². The average molecular weight is 430 g/mol. The van der Waals surface area contributed by atoms with E-state index in [2.05, 4.69) is 42.2 Å². The Hall–Kier alpha value is -0.930. The van der Waals surface area contributed by atoms with Crippen LogP contribution >= 0.6 is 43.2 Å². The van der Waals surface area contributed by atoms with Gasteiger partial charge in [0.15, 0.2) is 5.13 Å². The van der Waals surface area contributed by atoms with Crippen LogP contribution in [0.4, 0.5) is 18.3 Å². The zero-order valence-corrected chi connectivity index (χ0v) is 13.5. The van der Waals surface area contributed by atoms with Gasteiger partial charge < -0.3 is 0 Å². The summed E-state index contributed by atoms with van der Waals surface area (Å²) in [5.74, 6) is -0.855. The third-order valence-electron chi connectivity index (χ3n) is 2.23. The number of hydrogen-bond donors (Lipinski definition) is 1. The van der Waals surface area contributed by atoms with E-state index in [-0.39, 0.29) is 9.60 Å². The Morgan fingerprint density at radius 1 is 1.30 bits per heavy atom. The molecule has 1 aromatic heterocycles. The molecule has 1 heterocycles. The van der Waals surface area contributed by atoms with E-state index < -0.39 is 23.2 Å². The minimum atomic E-state index is -4.61. The smallest absolute Gasteiger partial charge is 0.298 e. The maximum Gasteiger partial charge on any atom is 0.417 e. The van der Waals surface area contributed by atoms with Gasteiger partial charge in [-0.05, 0) is 34.1 Å². The molecule has 0 aliphatic carbocycles. The molecule has 0 radical (unpaired) electrons. The molecule has 1 amide bonds. The summed E-state index contributed by atoms with van der Waals surface area (Å²) in [4.78, 5) is 15.8. The van der Waals surface area contributed by atoms with Gasteiger partial charge in [-0.15, -0.1) is 0 Å². The van der Waals surface area contributed by atoms with E-state index in [9.17, 15) is 18.0 Å². The minimum absolute atomic E-state index is 0.220. The SMILES string of the molecule is O=C(Nc1ncc(Br)s1)c1ccc(Br)cc1C(F)(F)F. The number of halogens is 5. The summed E-state index contributed by atoms with van der Waals surface area (Å²) in [6.07, 6.45) is -3.16. The number of hydrogen-bond acceptors (Lipinski definition) is 3. The lowest BCUT2D eigenvalue weighted by molar-refractivity contribution is -0.137. The fourth-order valence-corrected chi connectivity index (χ4v) is 2.89. The van der Waals surface area contributed by atoms with Gasteiger partial charge in [0, 0.05) is 4.47 Å².